The van der Waals surface area contributed by atoms with Crippen LogP contribution in [0, 0.1) is 5.82 Å². The van der Waals surface area contributed by atoms with E-state index in [1.807, 2.05) is 60.7 Å². The number of imidazole rings is 1. The number of halogens is 1. The molecule has 1 fully saturated rings. The summed E-state index contributed by atoms with van der Waals surface area (Å²) in [5.74, 6) is 0.654. The van der Waals surface area contributed by atoms with Crippen molar-refractivity contribution in [3.05, 3.63) is 90.2 Å². The van der Waals surface area contributed by atoms with Gasteiger partial charge in [-0.25, -0.2) is 9.37 Å². The number of fused-ring (bicyclic) bond motifs is 1. The minimum absolute atomic E-state index is 0.219. The normalized spacial score (nSPS) is 14.6. The lowest BCUT2D eigenvalue weighted by Gasteiger charge is -2.32. The second-order valence-electron chi connectivity index (χ2n) is 9.14. The smallest absolute Gasteiger partial charge is 0.204 e. The van der Waals surface area contributed by atoms with Gasteiger partial charge < -0.3 is 25.4 Å². The van der Waals surface area contributed by atoms with Crippen LogP contribution < -0.4 is 16.0 Å². The standard InChI is InChI=1S/C28H31FN6S/c29-22-12-10-21(11-13-22)20-35-26-9-5-4-8-25(26)33-27(35)31-24-14-17-34(18-15-24)19-16-30-28(36)32-23-6-2-1-3-7-23/h1-13,24H,14-20H2,(H,31,33)(H2,30,32,36). The number of nitrogens with zero attached hydrogens (tertiary/aromatic N) is 3. The largest absolute Gasteiger partial charge is 0.361 e. The molecule has 0 saturated carbocycles. The number of anilines is 2. The lowest BCUT2D eigenvalue weighted by atomic mass is 10.1. The maximum atomic E-state index is 13.4. The first-order chi connectivity index (χ1) is 17.6. The first-order valence-electron chi connectivity index (χ1n) is 12.4. The molecule has 8 heteroatoms. The van der Waals surface area contributed by atoms with Crippen molar-refractivity contribution in [2.45, 2.75) is 25.4 Å². The molecule has 2 heterocycles. The molecule has 1 aromatic heterocycles. The highest BCUT2D eigenvalue weighted by Crippen LogP contribution is 2.24. The molecule has 36 heavy (non-hydrogen) atoms. The van der Waals surface area contributed by atoms with Crippen LogP contribution in [0.3, 0.4) is 0 Å². The SMILES string of the molecule is Fc1ccc(Cn2c(NC3CCN(CCNC(=S)Nc4ccccc4)CC3)nc3ccccc32)cc1. The van der Waals surface area contributed by atoms with E-state index in [1.54, 1.807) is 0 Å². The van der Waals surface area contributed by atoms with Crippen LogP contribution in [0.5, 0.6) is 0 Å². The topological polar surface area (TPSA) is 57.2 Å². The van der Waals surface area contributed by atoms with Crippen LogP contribution in [0.4, 0.5) is 16.0 Å². The Kier molecular flexibility index (Phi) is 7.73. The predicted octanol–water partition coefficient (Wildman–Crippen LogP) is 5.09. The molecule has 186 valence electrons. The van der Waals surface area contributed by atoms with Crippen LogP contribution in [-0.4, -0.2) is 51.8 Å². The highest BCUT2D eigenvalue weighted by molar-refractivity contribution is 7.80. The number of rotatable bonds is 8. The summed E-state index contributed by atoms with van der Waals surface area (Å²) in [6.45, 7) is 4.45. The second kappa shape index (κ2) is 11.5. The molecule has 0 amide bonds. The number of thiocarbonyl (C=S) groups is 1. The molecule has 1 aliphatic rings. The summed E-state index contributed by atoms with van der Waals surface area (Å²) < 4.78 is 15.6. The molecular formula is C28H31FN6S. The zero-order chi connectivity index (χ0) is 24.7. The summed E-state index contributed by atoms with van der Waals surface area (Å²) in [5.41, 5.74) is 4.08. The second-order valence-corrected chi connectivity index (χ2v) is 9.55. The van der Waals surface area contributed by atoms with Crippen LogP contribution in [0.25, 0.3) is 11.0 Å². The van der Waals surface area contributed by atoms with E-state index in [9.17, 15) is 4.39 Å². The van der Waals surface area contributed by atoms with Gasteiger partial charge in [0, 0.05) is 37.9 Å². The number of aromatic nitrogens is 2. The average molecular weight is 503 g/mol. The Labute approximate surface area is 216 Å². The van der Waals surface area contributed by atoms with E-state index in [0.717, 1.165) is 67.3 Å². The first-order valence-corrected chi connectivity index (χ1v) is 12.8. The summed E-state index contributed by atoms with van der Waals surface area (Å²) in [6, 6.07) is 25.2. The van der Waals surface area contributed by atoms with Crippen molar-refractivity contribution in [2.24, 2.45) is 0 Å². The average Bonchev–Trinajstić information content (AvgIpc) is 3.23. The maximum Gasteiger partial charge on any atom is 0.204 e. The summed E-state index contributed by atoms with van der Waals surface area (Å²) in [4.78, 5) is 7.35. The van der Waals surface area contributed by atoms with Crippen molar-refractivity contribution in [3.63, 3.8) is 0 Å². The van der Waals surface area contributed by atoms with Gasteiger partial charge in [-0.2, -0.15) is 0 Å². The summed E-state index contributed by atoms with van der Waals surface area (Å²) in [5, 5.41) is 10.9. The molecule has 0 spiro atoms. The van der Waals surface area contributed by atoms with Crippen LogP contribution in [0.2, 0.25) is 0 Å². The van der Waals surface area contributed by atoms with Gasteiger partial charge in [-0.3, -0.25) is 0 Å². The van der Waals surface area contributed by atoms with Crippen molar-refractivity contribution >= 4 is 40.0 Å². The first kappa shape index (κ1) is 24.2. The van der Waals surface area contributed by atoms with E-state index in [4.69, 9.17) is 17.2 Å². The third kappa shape index (κ3) is 6.19. The van der Waals surface area contributed by atoms with E-state index in [-0.39, 0.29) is 5.82 Å². The van der Waals surface area contributed by atoms with Crippen molar-refractivity contribution in [1.82, 2.24) is 19.8 Å². The molecule has 0 bridgehead atoms. The Bertz CT molecular complexity index is 1280. The van der Waals surface area contributed by atoms with Gasteiger partial charge in [0.15, 0.2) is 5.11 Å². The van der Waals surface area contributed by atoms with Gasteiger partial charge in [0.25, 0.3) is 0 Å². The molecule has 3 N–H and O–H groups in total. The van der Waals surface area contributed by atoms with Crippen molar-refractivity contribution in [3.8, 4) is 0 Å². The van der Waals surface area contributed by atoms with Gasteiger partial charge in [-0.15, -0.1) is 0 Å². The van der Waals surface area contributed by atoms with Crippen LogP contribution in [0.15, 0.2) is 78.9 Å². The number of benzene rings is 3. The molecule has 5 rings (SSSR count). The van der Waals surface area contributed by atoms with Gasteiger partial charge in [0.1, 0.15) is 5.82 Å². The molecule has 0 unspecified atom stereocenters. The fourth-order valence-corrected chi connectivity index (χ4v) is 4.85. The third-order valence-electron chi connectivity index (χ3n) is 6.57. The van der Waals surface area contributed by atoms with Crippen molar-refractivity contribution in [1.29, 1.82) is 0 Å². The molecular weight excluding hydrogens is 471 g/mol. The lowest BCUT2D eigenvalue weighted by Crippen LogP contribution is -2.43. The molecule has 0 atom stereocenters. The Morgan fingerprint density at radius 1 is 0.944 bits per heavy atom. The zero-order valence-electron chi connectivity index (χ0n) is 20.2. The van der Waals surface area contributed by atoms with Gasteiger partial charge in [0.2, 0.25) is 5.95 Å². The van der Waals surface area contributed by atoms with Gasteiger partial charge in [-0.05, 0) is 67.0 Å². The Hall–Kier alpha value is -3.49. The minimum atomic E-state index is -0.219. The van der Waals surface area contributed by atoms with E-state index in [2.05, 4.69) is 31.5 Å². The molecule has 1 saturated heterocycles. The number of hydrogen-bond acceptors (Lipinski definition) is 4. The number of piperidine rings is 1. The van der Waals surface area contributed by atoms with E-state index >= 15 is 0 Å². The minimum Gasteiger partial charge on any atom is -0.361 e. The van der Waals surface area contributed by atoms with E-state index in [1.165, 1.54) is 12.1 Å². The van der Waals surface area contributed by atoms with Crippen LogP contribution >= 0.6 is 12.2 Å². The van der Waals surface area contributed by atoms with Crippen molar-refractivity contribution < 1.29 is 4.39 Å². The van der Waals surface area contributed by atoms with E-state index in [0.29, 0.717) is 17.7 Å². The number of para-hydroxylation sites is 3. The van der Waals surface area contributed by atoms with Crippen LogP contribution in [0.1, 0.15) is 18.4 Å². The maximum absolute atomic E-state index is 13.4. The zero-order valence-corrected chi connectivity index (χ0v) is 21.0. The number of nitrogens with one attached hydrogen (secondary N) is 3. The molecule has 6 nitrogen and oxygen atoms in total. The Morgan fingerprint density at radius 3 is 2.44 bits per heavy atom. The van der Waals surface area contributed by atoms with Gasteiger partial charge in [-0.1, -0.05) is 42.5 Å². The van der Waals surface area contributed by atoms with Crippen LogP contribution in [-0.2, 0) is 6.54 Å². The quantitative estimate of drug-likeness (QED) is 0.292. The molecule has 3 aromatic carbocycles. The number of hydrogen-bond donors (Lipinski definition) is 3. The van der Waals surface area contributed by atoms with Gasteiger partial charge in [0.05, 0.1) is 17.6 Å². The van der Waals surface area contributed by atoms with Gasteiger partial charge >= 0.3 is 0 Å². The van der Waals surface area contributed by atoms with E-state index < -0.39 is 0 Å². The monoisotopic (exact) mass is 502 g/mol. The van der Waals surface area contributed by atoms with Crippen molar-refractivity contribution in [2.75, 3.05) is 36.8 Å². The molecule has 0 radical (unpaired) electrons. The Morgan fingerprint density at radius 2 is 1.67 bits per heavy atom. The predicted molar refractivity (Wildman–Crippen MR) is 149 cm³/mol. The number of likely N-dealkylation sites (tertiary alicyclic amines) is 1. The summed E-state index contributed by atoms with van der Waals surface area (Å²) in [6.07, 6.45) is 2.10. The Balaban J connectivity index is 1.13. The fraction of sp³-hybridized carbons (Fsp3) is 0.286. The third-order valence-corrected chi connectivity index (χ3v) is 6.82. The fourth-order valence-electron chi connectivity index (χ4n) is 4.63. The summed E-state index contributed by atoms with van der Waals surface area (Å²) in [7, 11) is 0. The highest BCUT2D eigenvalue weighted by Gasteiger charge is 2.21. The lowest BCUT2D eigenvalue weighted by molar-refractivity contribution is 0.222. The molecule has 4 aromatic rings. The highest BCUT2D eigenvalue weighted by atomic mass is 32.1. The summed E-state index contributed by atoms with van der Waals surface area (Å²) >= 11 is 5.41. The molecule has 1 aliphatic heterocycles. The molecule has 0 aliphatic carbocycles.